The van der Waals surface area contributed by atoms with Crippen LogP contribution in [0, 0.1) is 0 Å². The van der Waals surface area contributed by atoms with Crippen molar-refractivity contribution in [3.05, 3.63) is 29.8 Å². The molecule has 0 amide bonds. The largest absolute Gasteiger partial charge is 0.507 e. The van der Waals surface area contributed by atoms with E-state index >= 15 is 0 Å². The molecule has 0 aliphatic heterocycles. The number of nitrogens with zero attached hydrogens (tertiary/aromatic N) is 4. The van der Waals surface area contributed by atoms with E-state index in [1.54, 1.807) is 24.3 Å². The molecule has 1 aromatic carbocycles. The molecule has 6 nitrogen and oxygen atoms in total. The number of hydrogen-bond acceptors (Lipinski definition) is 5. The summed E-state index contributed by atoms with van der Waals surface area (Å²) in [5.41, 5.74) is 0.609. The summed E-state index contributed by atoms with van der Waals surface area (Å²) in [4.78, 5) is 3.90. The molecule has 1 aromatic heterocycles. The smallest absolute Gasteiger partial charge is 0.288 e. The van der Waals surface area contributed by atoms with Gasteiger partial charge in [-0.3, -0.25) is 0 Å². The van der Waals surface area contributed by atoms with Crippen molar-refractivity contribution < 1.29 is 22.2 Å². The Labute approximate surface area is 95.9 Å². The molecule has 0 bridgehead atoms. The summed E-state index contributed by atoms with van der Waals surface area (Å²) < 4.78 is 0. The molecule has 0 spiro atoms. The van der Waals surface area contributed by atoms with Gasteiger partial charge in [-0.15, -0.1) is 5.10 Å². The van der Waals surface area contributed by atoms with Crippen LogP contribution in [-0.2, 0) is 17.1 Å². The van der Waals surface area contributed by atoms with Gasteiger partial charge in [-0.1, -0.05) is 17.2 Å². The Kier molecular flexibility index (Phi) is 3.96. The minimum atomic E-state index is 0. The number of phenolic OH excluding ortho intramolecular Hbond substituents is 1. The molecule has 2 aromatic rings. The van der Waals surface area contributed by atoms with Crippen molar-refractivity contribution in [2.75, 3.05) is 0 Å². The number of rotatable bonds is 2. The van der Waals surface area contributed by atoms with Crippen LogP contribution in [0.5, 0.6) is 5.75 Å². The van der Waals surface area contributed by atoms with Crippen molar-refractivity contribution in [2.24, 2.45) is 4.99 Å². The maximum Gasteiger partial charge on any atom is 0.288 e. The van der Waals surface area contributed by atoms with Gasteiger partial charge in [0.1, 0.15) is 5.75 Å². The van der Waals surface area contributed by atoms with Crippen LogP contribution in [0.2, 0.25) is 0 Å². The number of H-pyrrole nitrogens is 1. The summed E-state index contributed by atoms with van der Waals surface area (Å²) in [5, 5.41) is 22.3. The fourth-order valence-electron chi connectivity index (χ4n) is 0.935. The minimum Gasteiger partial charge on any atom is -0.507 e. The van der Waals surface area contributed by atoms with Crippen molar-refractivity contribution >= 4 is 12.2 Å². The summed E-state index contributed by atoms with van der Waals surface area (Å²) in [6.07, 6.45) is 1.47. The van der Waals surface area contributed by atoms with Crippen LogP contribution in [0.1, 0.15) is 5.56 Å². The Morgan fingerprint density at radius 3 is 2.80 bits per heavy atom. The molecule has 0 unspecified atom stereocenters. The normalized spacial score (nSPS) is 10.1. The molecule has 15 heavy (non-hydrogen) atoms. The molecular formula is C8H7FeN5O. The Bertz CT molecular complexity index is 442. The van der Waals surface area contributed by atoms with E-state index in [0.717, 1.165) is 0 Å². The quantitative estimate of drug-likeness (QED) is 0.600. The van der Waals surface area contributed by atoms with Crippen molar-refractivity contribution in [1.29, 1.82) is 0 Å². The van der Waals surface area contributed by atoms with E-state index in [2.05, 4.69) is 25.6 Å². The molecule has 1 heterocycles. The van der Waals surface area contributed by atoms with Gasteiger partial charge in [-0.05, 0) is 17.3 Å². The average molecular weight is 245 g/mol. The van der Waals surface area contributed by atoms with Crippen LogP contribution >= 0.6 is 0 Å². The van der Waals surface area contributed by atoms with Crippen molar-refractivity contribution in [1.82, 2.24) is 20.6 Å². The van der Waals surface area contributed by atoms with Crippen LogP contribution in [0.3, 0.4) is 0 Å². The third-order valence-corrected chi connectivity index (χ3v) is 1.59. The van der Waals surface area contributed by atoms with E-state index in [4.69, 9.17) is 0 Å². The first-order valence-corrected chi connectivity index (χ1v) is 3.92. The van der Waals surface area contributed by atoms with E-state index < -0.39 is 0 Å². The van der Waals surface area contributed by atoms with Gasteiger partial charge in [0.05, 0.1) is 0 Å². The SMILES string of the molecule is Oc1ccccc1C=Nc1nn[nH]n1.[Fe]. The zero-order chi connectivity index (χ0) is 9.80. The average Bonchev–Trinajstić information content (AvgIpc) is 2.69. The van der Waals surface area contributed by atoms with Crippen LogP contribution in [0.15, 0.2) is 29.3 Å². The summed E-state index contributed by atoms with van der Waals surface area (Å²) in [6.45, 7) is 0. The molecule has 2 rings (SSSR count). The number of phenols is 1. The Morgan fingerprint density at radius 2 is 2.13 bits per heavy atom. The fourth-order valence-corrected chi connectivity index (χ4v) is 0.935. The number of tetrazole rings is 1. The second-order valence-corrected chi connectivity index (χ2v) is 2.53. The molecule has 0 fully saturated rings. The van der Waals surface area contributed by atoms with E-state index in [9.17, 15) is 5.11 Å². The van der Waals surface area contributed by atoms with Crippen LogP contribution in [0.25, 0.3) is 0 Å². The van der Waals surface area contributed by atoms with Gasteiger partial charge in [-0.25, -0.2) is 4.99 Å². The second kappa shape index (κ2) is 5.23. The molecular weight excluding hydrogens is 238 g/mol. The van der Waals surface area contributed by atoms with Crippen LogP contribution in [0.4, 0.5) is 5.95 Å². The van der Waals surface area contributed by atoms with Crippen LogP contribution < -0.4 is 0 Å². The van der Waals surface area contributed by atoms with Crippen molar-refractivity contribution in [2.45, 2.75) is 0 Å². The van der Waals surface area contributed by atoms with E-state index in [0.29, 0.717) is 5.56 Å². The number of hydrogen-bond donors (Lipinski definition) is 2. The zero-order valence-corrected chi connectivity index (χ0v) is 8.58. The Hall–Kier alpha value is -1.72. The van der Waals surface area contributed by atoms with Gasteiger partial charge >= 0.3 is 0 Å². The maximum atomic E-state index is 9.38. The number of para-hydroxylation sites is 1. The molecule has 7 heteroatoms. The van der Waals surface area contributed by atoms with E-state index in [1.807, 2.05) is 0 Å². The molecule has 2 N–H and O–H groups in total. The summed E-state index contributed by atoms with van der Waals surface area (Å²) >= 11 is 0. The molecule has 0 radical (unpaired) electrons. The van der Waals surface area contributed by atoms with Gasteiger partial charge in [0, 0.05) is 28.8 Å². The number of aromatic amines is 1. The summed E-state index contributed by atoms with van der Waals surface area (Å²) in [6, 6.07) is 6.86. The van der Waals surface area contributed by atoms with Gasteiger partial charge in [0.2, 0.25) is 0 Å². The maximum absolute atomic E-state index is 9.38. The van der Waals surface area contributed by atoms with Crippen molar-refractivity contribution in [3.8, 4) is 5.75 Å². The summed E-state index contributed by atoms with van der Waals surface area (Å²) in [5.74, 6) is 0.396. The van der Waals surface area contributed by atoms with Crippen molar-refractivity contribution in [3.63, 3.8) is 0 Å². The first-order chi connectivity index (χ1) is 6.86. The standard InChI is InChI=1S/C8H7N5O.Fe/c14-7-4-2-1-3-6(7)5-9-8-10-12-13-11-8;/h1-5,14H,(H,10,11,12,13);. The van der Waals surface area contributed by atoms with Gasteiger partial charge in [0.15, 0.2) is 0 Å². The summed E-state index contributed by atoms with van der Waals surface area (Å²) in [7, 11) is 0. The number of aromatic nitrogens is 4. The number of nitrogens with one attached hydrogen (secondary N) is 1. The Morgan fingerprint density at radius 1 is 1.33 bits per heavy atom. The minimum absolute atomic E-state index is 0. The molecule has 0 saturated carbocycles. The first kappa shape index (κ1) is 11.4. The van der Waals surface area contributed by atoms with E-state index in [1.165, 1.54) is 6.21 Å². The van der Waals surface area contributed by atoms with Gasteiger partial charge < -0.3 is 5.11 Å². The van der Waals surface area contributed by atoms with Crippen LogP contribution in [-0.4, -0.2) is 31.9 Å². The molecule has 78 valence electrons. The van der Waals surface area contributed by atoms with Gasteiger partial charge in [-0.2, -0.15) is 5.21 Å². The number of aromatic hydroxyl groups is 1. The Balaban J connectivity index is 0.00000112. The number of benzene rings is 1. The predicted molar refractivity (Wildman–Crippen MR) is 49.5 cm³/mol. The van der Waals surface area contributed by atoms with Gasteiger partial charge in [0.25, 0.3) is 5.95 Å². The second-order valence-electron chi connectivity index (χ2n) is 2.53. The third kappa shape index (κ3) is 2.87. The third-order valence-electron chi connectivity index (χ3n) is 1.59. The first-order valence-electron chi connectivity index (χ1n) is 3.92. The molecule has 0 aliphatic carbocycles. The fraction of sp³-hybridized carbons (Fsp3) is 0. The molecule has 0 atom stereocenters. The monoisotopic (exact) mass is 245 g/mol. The molecule has 0 saturated heterocycles. The zero-order valence-electron chi connectivity index (χ0n) is 7.48. The molecule has 0 aliphatic rings. The topological polar surface area (TPSA) is 87.0 Å². The predicted octanol–water partition coefficient (Wildman–Crippen LogP) is 0.653. The number of aliphatic imine (C=N–C) groups is 1. The van der Waals surface area contributed by atoms with E-state index in [-0.39, 0.29) is 28.8 Å².